The van der Waals surface area contributed by atoms with Crippen molar-refractivity contribution in [3.05, 3.63) is 0 Å². The number of unbranched alkanes of at least 4 members (excludes halogenated alkanes) is 6. The van der Waals surface area contributed by atoms with Gasteiger partial charge in [-0.3, -0.25) is 4.21 Å². The molecule has 0 aromatic heterocycles. The van der Waals surface area contributed by atoms with Crippen LogP contribution in [0, 0.1) is 11.8 Å². The van der Waals surface area contributed by atoms with Gasteiger partial charge in [0.2, 0.25) is 0 Å². The Hall–Kier alpha value is 0.0700. The topological polar surface area (TPSA) is 23.6 Å². The van der Waals surface area contributed by atoms with Crippen molar-refractivity contribution in [1.82, 2.24) is 9.80 Å². The van der Waals surface area contributed by atoms with Crippen LogP contribution in [0.3, 0.4) is 0 Å². The lowest BCUT2D eigenvalue weighted by molar-refractivity contribution is 0.181. The van der Waals surface area contributed by atoms with E-state index in [-0.39, 0.29) is 0 Å². The van der Waals surface area contributed by atoms with Crippen molar-refractivity contribution >= 4 is 10.8 Å². The Morgan fingerprint density at radius 1 is 0.679 bits per heavy atom. The maximum atomic E-state index is 12.2. The number of likely N-dealkylation sites (tertiary alicyclic amines) is 2. The van der Waals surface area contributed by atoms with Crippen molar-refractivity contribution in [2.75, 3.05) is 50.8 Å². The Balaban J connectivity index is 1.33. The minimum atomic E-state index is -0.570. The van der Waals surface area contributed by atoms with Crippen LogP contribution >= 0.6 is 0 Å². The van der Waals surface area contributed by atoms with Gasteiger partial charge in [-0.2, -0.15) is 0 Å². The van der Waals surface area contributed by atoms with E-state index >= 15 is 0 Å². The molecule has 0 saturated carbocycles. The summed E-state index contributed by atoms with van der Waals surface area (Å²) in [4.78, 5) is 5.30. The van der Waals surface area contributed by atoms with Crippen molar-refractivity contribution in [2.45, 2.75) is 90.9 Å². The molecule has 28 heavy (non-hydrogen) atoms. The Morgan fingerprint density at radius 2 is 1.11 bits per heavy atom. The molecule has 0 aliphatic carbocycles. The lowest BCUT2D eigenvalue weighted by Gasteiger charge is -2.30. The van der Waals surface area contributed by atoms with Crippen molar-refractivity contribution in [1.29, 1.82) is 0 Å². The second kappa shape index (κ2) is 15.0. The van der Waals surface area contributed by atoms with Gasteiger partial charge in [0.05, 0.1) is 0 Å². The lowest BCUT2D eigenvalue weighted by atomic mass is 10.00. The van der Waals surface area contributed by atoms with Crippen LogP contribution in [0.1, 0.15) is 90.9 Å². The largest absolute Gasteiger partial charge is 0.303 e. The second-order valence-electron chi connectivity index (χ2n) is 9.77. The molecule has 2 rings (SSSR count). The fourth-order valence-corrected chi connectivity index (χ4v) is 6.24. The molecular formula is C24H48N2OS. The van der Waals surface area contributed by atoms with Crippen molar-refractivity contribution < 1.29 is 4.21 Å². The molecule has 0 bridgehead atoms. The van der Waals surface area contributed by atoms with Crippen LogP contribution in [0.4, 0.5) is 0 Å². The summed E-state index contributed by atoms with van der Waals surface area (Å²) in [5.41, 5.74) is 0. The third kappa shape index (κ3) is 11.3. The highest BCUT2D eigenvalue weighted by Gasteiger charge is 2.16. The molecule has 2 aliphatic rings. The summed E-state index contributed by atoms with van der Waals surface area (Å²) < 4.78 is 12.2. The molecule has 0 N–H and O–H groups in total. The van der Waals surface area contributed by atoms with E-state index in [1.165, 1.54) is 103 Å². The van der Waals surface area contributed by atoms with Crippen LogP contribution < -0.4 is 0 Å². The fourth-order valence-electron chi connectivity index (χ4n) is 4.99. The molecule has 0 radical (unpaired) electrons. The van der Waals surface area contributed by atoms with Crippen LogP contribution in [0.5, 0.6) is 0 Å². The molecule has 2 saturated heterocycles. The van der Waals surface area contributed by atoms with Crippen LogP contribution in [-0.4, -0.2) is 64.8 Å². The first-order valence-corrected chi connectivity index (χ1v) is 13.9. The highest BCUT2D eigenvalue weighted by molar-refractivity contribution is 7.84. The minimum Gasteiger partial charge on any atom is -0.303 e. The second-order valence-corrected chi connectivity index (χ2v) is 11.5. The molecular weight excluding hydrogens is 364 g/mol. The summed E-state index contributed by atoms with van der Waals surface area (Å²) in [7, 11) is -0.570. The third-order valence-corrected chi connectivity index (χ3v) is 8.16. The van der Waals surface area contributed by atoms with Gasteiger partial charge >= 0.3 is 0 Å². The number of hydrogen-bond donors (Lipinski definition) is 0. The van der Waals surface area contributed by atoms with Gasteiger partial charge in [0.1, 0.15) is 0 Å². The summed E-state index contributed by atoms with van der Waals surface area (Å²) in [6, 6.07) is 0. The maximum absolute atomic E-state index is 12.2. The summed E-state index contributed by atoms with van der Waals surface area (Å²) >= 11 is 0. The van der Waals surface area contributed by atoms with Gasteiger partial charge in [-0.15, -0.1) is 0 Å². The summed E-state index contributed by atoms with van der Waals surface area (Å²) in [6.45, 7) is 12.6. The molecule has 3 nitrogen and oxygen atoms in total. The van der Waals surface area contributed by atoms with Gasteiger partial charge < -0.3 is 9.80 Å². The SMILES string of the molecule is CC1CCCN(CCCCCCS(=O)CCCCCCN2CCCC(C)C2)C1. The van der Waals surface area contributed by atoms with Crippen LogP contribution in [-0.2, 0) is 10.8 Å². The van der Waals surface area contributed by atoms with Crippen LogP contribution in [0.15, 0.2) is 0 Å². The quantitative estimate of drug-likeness (QED) is 0.361. The van der Waals surface area contributed by atoms with Gasteiger partial charge in [0, 0.05) is 35.4 Å². The Labute approximate surface area is 178 Å². The van der Waals surface area contributed by atoms with E-state index in [2.05, 4.69) is 23.6 Å². The average Bonchev–Trinajstić information content (AvgIpc) is 2.67. The Bertz CT molecular complexity index is 381. The molecule has 2 unspecified atom stereocenters. The first-order valence-electron chi connectivity index (χ1n) is 12.4. The van der Waals surface area contributed by atoms with Gasteiger partial charge in [0.25, 0.3) is 0 Å². The molecule has 2 atom stereocenters. The normalized spacial score (nSPS) is 25.8. The first-order chi connectivity index (χ1) is 13.6. The molecule has 4 heteroatoms. The molecule has 0 aromatic carbocycles. The van der Waals surface area contributed by atoms with E-state index in [0.717, 1.165) is 36.2 Å². The van der Waals surface area contributed by atoms with E-state index in [4.69, 9.17) is 0 Å². The van der Waals surface area contributed by atoms with E-state index in [0.29, 0.717) is 0 Å². The van der Waals surface area contributed by atoms with Crippen molar-refractivity contribution in [3.63, 3.8) is 0 Å². The number of piperidine rings is 2. The van der Waals surface area contributed by atoms with Crippen molar-refractivity contribution in [2.24, 2.45) is 11.8 Å². The molecule has 2 fully saturated rings. The molecule has 0 spiro atoms. The zero-order valence-electron chi connectivity index (χ0n) is 19.0. The molecule has 2 aliphatic heterocycles. The molecule has 2 heterocycles. The summed E-state index contributed by atoms with van der Waals surface area (Å²) in [5.74, 6) is 3.66. The van der Waals surface area contributed by atoms with E-state index in [1.54, 1.807) is 0 Å². The van der Waals surface area contributed by atoms with Crippen molar-refractivity contribution in [3.8, 4) is 0 Å². The predicted molar refractivity (Wildman–Crippen MR) is 124 cm³/mol. The number of nitrogens with zero attached hydrogens (tertiary/aromatic N) is 2. The fraction of sp³-hybridized carbons (Fsp3) is 1.00. The molecule has 0 aromatic rings. The minimum absolute atomic E-state index is 0.570. The Kier molecular flexibility index (Phi) is 13.0. The summed E-state index contributed by atoms with van der Waals surface area (Å²) in [6.07, 6.45) is 15.8. The monoisotopic (exact) mass is 412 g/mol. The van der Waals surface area contributed by atoms with Gasteiger partial charge in [-0.05, 0) is 89.4 Å². The predicted octanol–water partition coefficient (Wildman–Crippen LogP) is 5.32. The average molecular weight is 413 g/mol. The third-order valence-electron chi connectivity index (χ3n) is 6.67. The standard InChI is InChI=1S/C24H48N2OS/c1-23-13-11-17-25(21-23)15-7-3-5-9-19-28(27)20-10-6-4-8-16-26-18-12-14-24(2)22-26/h23-24H,3-22H2,1-2H3. The smallest absolute Gasteiger partial charge is 0.0234 e. The van der Waals surface area contributed by atoms with E-state index < -0.39 is 10.8 Å². The van der Waals surface area contributed by atoms with Crippen LogP contribution in [0.2, 0.25) is 0 Å². The van der Waals surface area contributed by atoms with Gasteiger partial charge in [-0.1, -0.05) is 39.5 Å². The van der Waals surface area contributed by atoms with Gasteiger partial charge in [-0.25, -0.2) is 0 Å². The lowest BCUT2D eigenvalue weighted by Crippen LogP contribution is -2.34. The maximum Gasteiger partial charge on any atom is 0.0234 e. The first kappa shape index (κ1) is 24.3. The highest BCUT2D eigenvalue weighted by Crippen LogP contribution is 2.17. The zero-order valence-corrected chi connectivity index (χ0v) is 19.8. The Morgan fingerprint density at radius 3 is 1.54 bits per heavy atom. The van der Waals surface area contributed by atoms with E-state index in [9.17, 15) is 4.21 Å². The molecule has 0 amide bonds. The molecule has 166 valence electrons. The van der Waals surface area contributed by atoms with Crippen LogP contribution in [0.25, 0.3) is 0 Å². The van der Waals surface area contributed by atoms with E-state index in [1.807, 2.05) is 0 Å². The highest BCUT2D eigenvalue weighted by atomic mass is 32.2. The van der Waals surface area contributed by atoms with Gasteiger partial charge in [0.15, 0.2) is 0 Å². The summed E-state index contributed by atoms with van der Waals surface area (Å²) in [5, 5.41) is 0. The number of hydrogen-bond acceptors (Lipinski definition) is 3. The number of rotatable bonds is 14. The zero-order chi connectivity index (χ0) is 20.0.